The highest BCUT2D eigenvalue weighted by Crippen LogP contribution is 1.84. The predicted octanol–water partition coefficient (Wildman–Crippen LogP) is -3.89. The first kappa shape index (κ1) is 23.8. The van der Waals surface area contributed by atoms with E-state index < -0.39 is 23.6 Å². The summed E-state index contributed by atoms with van der Waals surface area (Å²) in [6.07, 6.45) is 0.973. The third kappa shape index (κ3) is 13.8. The van der Waals surface area contributed by atoms with Crippen molar-refractivity contribution in [2.75, 3.05) is 39.8 Å². The molecule has 6 N–H and O–H groups in total. The van der Waals surface area contributed by atoms with Gasteiger partial charge in [-0.2, -0.15) is 0 Å². The summed E-state index contributed by atoms with van der Waals surface area (Å²) < 4.78 is 0. The van der Waals surface area contributed by atoms with Crippen LogP contribution < -0.4 is 31.9 Å². The highest BCUT2D eigenvalue weighted by atomic mass is 16.2. The molecule has 27 heavy (non-hydrogen) atoms. The van der Waals surface area contributed by atoms with Crippen molar-refractivity contribution in [2.24, 2.45) is 0 Å². The van der Waals surface area contributed by atoms with Crippen molar-refractivity contribution in [3.8, 4) is 0 Å². The van der Waals surface area contributed by atoms with Crippen LogP contribution in [0.25, 0.3) is 0 Å². The van der Waals surface area contributed by atoms with Crippen LogP contribution in [0.5, 0.6) is 0 Å². The topological polar surface area (TPSA) is 175 Å². The second-order valence-electron chi connectivity index (χ2n) is 5.31. The van der Waals surface area contributed by atoms with Gasteiger partial charge < -0.3 is 31.9 Å². The molecule has 0 spiro atoms. The van der Waals surface area contributed by atoms with Gasteiger partial charge in [0.15, 0.2) is 0 Å². The molecular weight excluding hydrogens is 360 g/mol. The molecule has 0 aromatic carbocycles. The van der Waals surface area contributed by atoms with E-state index in [0.29, 0.717) is 12.8 Å². The minimum atomic E-state index is -0.614. The van der Waals surface area contributed by atoms with Crippen molar-refractivity contribution in [1.82, 2.24) is 31.9 Å². The van der Waals surface area contributed by atoms with Gasteiger partial charge in [0.1, 0.15) is 0 Å². The first-order valence-corrected chi connectivity index (χ1v) is 8.32. The fourth-order valence-corrected chi connectivity index (χ4v) is 1.55. The highest BCUT2D eigenvalue weighted by Gasteiger charge is 2.10. The zero-order valence-electron chi connectivity index (χ0n) is 15.4. The van der Waals surface area contributed by atoms with Crippen LogP contribution in [0.15, 0.2) is 0 Å². The number of hydrogen-bond donors (Lipinski definition) is 6. The lowest BCUT2D eigenvalue weighted by Crippen LogP contribution is -2.46. The monoisotopic (exact) mass is 386 g/mol. The Balaban J connectivity index is 3.83. The summed E-state index contributed by atoms with van der Waals surface area (Å²) in [6, 6.07) is 0. The molecule has 0 aliphatic carbocycles. The van der Waals surface area contributed by atoms with E-state index in [0.717, 1.165) is 0 Å². The molecule has 0 aromatic rings. The molecule has 0 bridgehead atoms. The largest absolute Gasteiger partial charge is 0.358 e. The van der Waals surface area contributed by atoms with Crippen LogP contribution in [0.3, 0.4) is 0 Å². The quantitative estimate of drug-likeness (QED) is 0.200. The summed E-state index contributed by atoms with van der Waals surface area (Å²) in [7, 11) is 1.42. The fraction of sp³-hybridized carbons (Fsp3) is 0.600. The number of carbonyl (C=O) groups excluding carboxylic acids is 6. The molecular formula is C15H26N6O6. The standard InChI is InChI=1S/C15H26N6O6/c1-3-4-10(22)17-6-12(24)19-8-14(26)21-9-15(27)20-7-13(25)18-5-11(23)16-2/h3-9H2,1-2H3,(H,16,23)(H,17,22)(H,18,25)(H,19,24)(H,20,27)(H,21,26). The molecule has 12 heteroatoms. The summed E-state index contributed by atoms with van der Waals surface area (Å²) in [5, 5.41) is 13.8. The highest BCUT2D eigenvalue weighted by molar-refractivity contribution is 5.91. The number of likely N-dealkylation sites (N-methyl/N-ethyl adjacent to an activating group) is 1. The number of carbonyl (C=O) groups is 6. The molecule has 0 saturated carbocycles. The van der Waals surface area contributed by atoms with Crippen LogP contribution in [0, 0.1) is 0 Å². The molecule has 152 valence electrons. The van der Waals surface area contributed by atoms with E-state index in [4.69, 9.17) is 0 Å². The van der Waals surface area contributed by atoms with E-state index >= 15 is 0 Å². The lowest BCUT2D eigenvalue weighted by Gasteiger charge is -2.09. The molecule has 0 rings (SSSR count). The Morgan fingerprint density at radius 3 is 1.11 bits per heavy atom. The number of nitrogens with one attached hydrogen (secondary N) is 6. The van der Waals surface area contributed by atoms with Gasteiger partial charge in [0.25, 0.3) is 0 Å². The van der Waals surface area contributed by atoms with E-state index in [9.17, 15) is 28.8 Å². The van der Waals surface area contributed by atoms with Crippen LogP contribution in [0.2, 0.25) is 0 Å². The smallest absolute Gasteiger partial charge is 0.239 e. The minimum Gasteiger partial charge on any atom is -0.358 e. The van der Waals surface area contributed by atoms with Crippen molar-refractivity contribution in [2.45, 2.75) is 19.8 Å². The molecule has 0 aliphatic heterocycles. The molecule has 0 aromatic heterocycles. The minimum absolute atomic E-state index is 0.208. The number of hydrogen-bond acceptors (Lipinski definition) is 6. The lowest BCUT2D eigenvalue weighted by atomic mass is 10.3. The maximum absolute atomic E-state index is 11.5. The first-order valence-electron chi connectivity index (χ1n) is 8.32. The second kappa shape index (κ2) is 14.0. The van der Waals surface area contributed by atoms with Gasteiger partial charge in [0.05, 0.1) is 32.7 Å². The molecule has 0 unspecified atom stereocenters. The molecule has 0 saturated heterocycles. The first-order chi connectivity index (χ1) is 12.8. The van der Waals surface area contributed by atoms with Crippen LogP contribution in [0.4, 0.5) is 0 Å². The summed E-state index contributed by atoms with van der Waals surface area (Å²) in [6.45, 7) is 0.294. The Kier molecular flexibility index (Phi) is 12.4. The zero-order chi connectivity index (χ0) is 20.7. The van der Waals surface area contributed by atoms with Crippen molar-refractivity contribution in [3.63, 3.8) is 0 Å². The molecule has 12 nitrogen and oxygen atoms in total. The van der Waals surface area contributed by atoms with E-state index in [1.165, 1.54) is 7.05 Å². The van der Waals surface area contributed by atoms with E-state index in [1.807, 2.05) is 6.92 Å². The van der Waals surface area contributed by atoms with Gasteiger partial charge in [0.2, 0.25) is 35.4 Å². The summed E-state index contributed by atoms with van der Waals surface area (Å²) in [5.74, 6) is -2.95. The van der Waals surface area contributed by atoms with Gasteiger partial charge in [0, 0.05) is 13.5 Å². The van der Waals surface area contributed by atoms with E-state index in [2.05, 4.69) is 31.9 Å². The third-order valence-corrected chi connectivity index (χ3v) is 2.99. The Labute approximate surface area is 156 Å². The normalized spacial score (nSPS) is 9.56. The molecule has 0 heterocycles. The third-order valence-electron chi connectivity index (χ3n) is 2.99. The maximum atomic E-state index is 11.5. The van der Waals surface area contributed by atoms with Crippen molar-refractivity contribution in [1.29, 1.82) is 0 Å². The average Bonchev–Trinajstić information content (AvgIpc) is 2.65. The van der Waals surface area contributed by atoms with Crippen molar-refractivity contribution >= 4 is 35.4 Å². The zero-order valence-corrected chi connectivity index (χ0v) is 15.4. The Bertz CT molecular complexity index is 565. The van der Waals surface area contributed by atoms with Gasteiger partial charge in [-0.3, -0.25) is 28.8 Å². The maximum Gasteiger partial charge on any atom is 0.239 e. The van der Waals surface area contributed by atoms with E-state index in [-0.39, 0.29) is 44.5 Å². The number of amides is 6. The van der Waals surface area contributed by atoms with Gasteiger partial charge >= 0.3 is 0 Å². The summed E-state index contributed by atoms with van der Waals surface area (Å²) >= 11 is 0. The Hall–Kier alpha value is -3.18. The Morgan fingerprint density at radius 1 is 0.519 bits per heavy atom. The number of rotatable bonds is 12. The molecule has 0 radical (unpaired) electrons. The molecule has 6 amide bonds. The van der Waals surface area contributed by atoms with Crippen LogP contribution in [0.1, 0.15) is 19.8 Å². The Morgan fingerprint density at radius 2 is 0.815 bits per heavy atom. The van der Waals surface area contributed by atoms with Crippen LogP contribution in [-0.4, -0.2) is 75.2 Å². The summed E-state index contributed by atoms with van der Waals surface area (Å²) in [4.78, 5) is 68.0. The summed E-state index contributed by atoms with van der Waals surface area (Å²) in [5.41, 5.74) is 0. The fourth-order valence-electron chi connectivity index (χ4n) is 1.55. The van der Waals surface area contributed by atoms with Gasteiger partial charge in [-0.05, 0) is 6.42 Å². The predicted molar refractivity (Wildman–Crippen MR) is 94.0 cm³/mol. The van der Waals surface area contributed by atoms with Crippen LogP contribution >= 0.6 is 0 Å². The second-order valence-corrected chi connectivity index (χ2v) is 5.31. The molecule has 0 aliphatic rings. The van der Waals surface area contributed by atoms with Gasteiger partial charge in [-0.15, -0.1) is 0 Å². The van der Waals surface area contributed by atoms with Crippen molar-refractivity contribution < 1.29 is 28.8 Å². The van der Waals surface area contributed by atoms with E-state index in [1.54, 1.807) is 0 Å². The van der Waals surface area contributed by atoms with Gasteiger partial charge in [-0.1, -0.05) is 6.92 Å². The van der Waals surface area contributed by atoms with Crippen molar-refractivity contribution in [3.05, 3.63) is 0 Å². The van der Waals surface area contributed by atoms with Gasteiger partial charge in [-0.25, -0.2) is 0 Å². The molecule has 0 atom stereocenters. The molecule has 0 fully saturated rings. The average molecular weight is 386 g/mol. The SMILES string of the molecule is CCCC(=O)NCC(=O)NCC(=O)NCC(=O)NCC(=O)NCC(=O)NC. The lowest BCUT2D eigenvalue weighted by molar-refractivity contribution is -0.129. The van der Waals surface area contributed by atoms with Crippen LogP contribution in [-0.2, 0) is 28.8 Å².